The molecule has 3 rings (SSSR count). The molecule has 9 heteroatoms. The lowest BCUT2D eigenvalue weighted by molar-refractivity contribution is 0.458. The molecule has 0 unspecified atom stereocenters. The Labute approximate surface area is 156 Å². The number of benzene rings is 2. The van der Waals surface area contributed by atoms with Crippen LogP contribution >= 0.6 is 0 Å². The van der Waals surface area contributed by atoms with E-state index in [1.54, 1.807) is 18.2 Å². The van der Waals surface area contributed by atoms with Crippen molar-refractivity contribution >= 4 is 21.7 Å². The number of hydrogen-bond donors (Lipinski definition) is 2. The minimum atomic E-state index is -3.70. The molecule has 2 aromatic rings. The second-order valence-electron chi connectivity index (χ2n) is 6.64. The third-order valence-corrected chi connectivity index (χ3v) is 6.47. The number of anilines is 1. The van der Waals surface area contributed by atoms with Gasteiger partial charge in [-0.2, -0.15) is 0 Å². The predicted molar refractivity (Wildman–Crippen MR) is 101 cm³/mol. The van der Waals surface area contributed by atoms with Crippen LogP contribution in [-0.4, -0.2) is 31.5 Å². The van der Waals surface area contributed by atoms with E-state index in [-0.39, 0.29) is 17.3 Å². The number of nitrogens with two attached hydrogens (primary N) is 1. The van der Waals surface area contributed by atoms with Gasteiger partial charge in [-0.3, -0.25) is 0 Å². The molecule has 0 aliphatic carbocycles. The van der Waals surface area contributed by atoms with Gasteiger partial charge in [0.15, 0.2) is 0 Å². The number of nitrogens with zero attached hydrogens (tertiary/aromatic N) is 2. The van der Waals surface area contributed by atoms with Crippen LogP contribution in [-0.2, 0) is 22.1 Å². The summed E-state index contributed by atoms with van der Waals surface area (Å²) in [6.45, 7) is 1.93. The predicted octanol–water partition coefficient (Wildman–Crippen LogP) is 2.38. The van der Waals surface area contributed by atoms with E-state index in [1.807, 2.05) is 0 Å². The first-order chi connectivity index (χ1) is 12.6. The van der Waals surface area contributed by atoms with Crippen molar-refractivity contribution in [3.8, 4) is 0 Å². The number of aliphatic imine (C=N–C) groups is 1. The van der Waals surface area contributed by atoms with Gasteiger partial charge in [-0.05, 0) is 42.8 Å². The summed E-state index contributed by atoms with van der Waals surface area (Å²) >= 11 is 0. The first-order valence-corrected chi connectivity index (χ1v) is 9.82. The third-order valence-electron chi connectivity index (χ3n) is 4.52. The largest absolute Gasteiger partial charge is 0.381 e. The fourth-order valence-electron chi connectivity index (χ4n) is 2.94. The summed E-state index contributed by atoms with van der Waals surface area (Å²) in [6, 6.07) is 10.3. The van der Waals surface area contributed by atoms with Crippen LogP contribution in [0.3, 0.4) is 0 Å². The number of guanidine groups is 1. The number of halogens is 2. The molecule has 1 aliphatic heterocycles. The Morgan fingerprint density at radius 3 is 2.52 bits per heavy atom. The SMILES string of the molecule is CN1C(N)=N[C@](C)(c2cc(NCc3ccc(F)cc3)ccc2F)CS1(=O)=O. The Balaban J connectivity index is 1.90. The van der Waals surface area contributed by atoms with E-state index >= 15 is 0 Å². The van der Waals surface area contributed by atoms with Crippen LogP contribution in [0.1, 0.15) is 18.1 Å². The van der Waals surface area contributed by atoms with Crippen LogP contribution in [0.25, 0.3) is 0 Å². The second kappa shape index (κ2) is 6.80. The lowest BCUT2D eigenvalue weighted by Crippen LogP contribution is -2.50. The Hall–Kier alpha value is -2.68. The smallest absolute Gasteiger partial charge is 0.239 e. The van der Waals surface area contributed by atoms with Crippen LogP contribution in [0.4, 0.5) is 14.5 Å². The van der Waals surface area contributed by atoms with Crippen LogP contribution in [0.2, 0.25) is 0 Å². The van der Waals surface area contributed by atoms with Crippen molar-refractivity contribution in [3.05, 3.63) is 65.2 Å². The Morgan fingerprint density at radius 1 is 1.22 bits per heavy atom. The van der Waals surface area contributed by atoms with Gasteiger partial charge in [0.25, 0.3) is 0 Å². The second-order valence-corrected chi connectivity index (χ2v) is 8.64. The van der Waals surface area contributed by atoms with Crippen molar-refractivity contribution in [2.45, 2.75) is 19.0 Å². The fourth-order valence-corrected chi connectivity index (χ4v) is 4.39. The van der Waals surface area contributed by atoms with E-state index in [0.29, 0.717) is 12.2 Å². The van der Waals surface area contributed by atoms with E-state index in [2.05, 4.69) is 10.3 Å². The van der Waals surface area contributed by atoms with Gasteiger partial charge in [-0.15, -0.1) is 0 Å². The van der Waals surface area contributed by atoms with Gasteiger partial charge < -0.3 is 11.1 Å². The van der Waals surface area contributed by atoms with Crippen LogP contribution in [0.15, 0.2) is 47.5 Å². The monoisotopic (exact) mass is 394 g/mol. The van der Waals surface area contributed by atoms with Gasteiger partial charge in [0, 0.05) is 24.8 Å². The van der Waals surface area contributed by atoms with E-state index < -0.39 is 27.1 Å². The lowest BCUT2D eigenvalue weighted by atomic mass is 9.93. The highest BCUT2D eigenvalue weighted by Gasteiger charge is 2.41. The molecular formula is C18H20F2N4O2S. The maximum atomic E-state index is 14.5. The zero-order valence-electron chi connectivity index (χ0n) is 14.9. The Morgan fingerprint density at radius 2 is 1.89 bits per heavy atom. The fraction of sp³-hybridized carbons (Fsp3) is 0.278. The molecule has 6 nitrogen and oxygen atoms in total. The minimum absolute atomic E-state index is 0.131. The summed E-state index contributed by atoms with van der Waals surface area (Å²) in [7, 11) is -2.39. The molecule has 0 amide bonds. The van der Waals surface area contributed by atoms with Gasteiger partial charge in [-0.1, -0.05) is 12.1 Å². The molecule has 0 spiro atoms. The first-order valence-electron chi connectivity index (χ1n) is 8.21. The maximum Gasteiger partial charge on any atom is 0.239 e. The molecule has 1 atom stereocenters. The summed E-state index contributed by atoms with van der Waals surface area (Å²) in [5.74, 6) is -1.47. The Bertz CT molecular complexity index is 993. The van der Waals surface area contributed by atoms with Crippen molar-refractivity contribution in [1.82, 2.24) is 4.31 Å². The number of rotatable bonds is 4. The van der Waals surface area contributed by atoms with Gasteiger partial charge >= 0.3 is 0 Å². The van der Waals surface area contributed by atoms with Gasteiger partial charge in [0.1, 0.15) is 17.2 Å². The zero-order chi connectivity index (χ0) is 19.8. The highest BCUT2D eigenvalue weighted by atomic mass is 32.2. The standard InChI is InChI=1S/C18H20F2N4O2S/c1-18(11-27(25,26)24(2)17(21)23-18)15-9-14(7-8-16(15)20)22-10-12-3-5-13(19)6-4-12/h3-9,22H,10-11H2,1-2H3,(H2,21,23)/t18-/m0/s1. The lowest BCUT2D eigenvalue weighted by Gasteiger charge is -2.34. The molecule has 0 saturated heterocycles. The van der Waals surface area contributed by atoms with Crippen molar-refractivity contribution in [3.63, 3.8) is 0 Å². The van der Waals surface area contributed by atoms with Crippen molar-refractivity contribution < 1.29 is 17.2 Å². The topological polar surface area (TPSA) is 87.8 Å². The molecular weight excluding hydrogens is 374 g/mol. The molecule has 0 aromatic heterocycles. The number of hydrogen-bond acceptors (Lipinski definition) is 5. The molecule has 3 N–H and O–H groups in total. The molecule has 2 aromatic carbocycles. The molecule has 0 radical (unpaired) electrons. The first kappa shape index (κ1) is 19.1. The van der Waals surface area contributed by atoms with Gasteiger partial charge in [0.05, 0.1) is 5.75 Å². The maximum absolute atomic E-state index is 14.5. The number of nitrogens with one attached hydrogen (secondary N) is 1. The van der Waals surface area contributed by atoms with Crippen molar-refractivity contribution in [2.75, 3.05) is 18.1 Å². The van der Waals surface area contributed by atoms with Crippen LogP contribution in [0, 0.1) is 11.6 Å². The summed E-state index contributed by atoms with van der Waals surface area (Å²) < 4.78 is 53.0. The summed E-state index contributed by atoms with van der Waals surface area (Å²) in [5, 5.41) is 3.12. The van der Waals surface area contributed by atoms with E-state index in [4.69, 9.17) is 5.73 Å². The molecule has 1 aliphatic rings. The quantitative estimate of drug-likeness (QED) is 0.834. The molecule has 0 saturated carbocycles. The highest BCUT2D eigenvalue weighted by molar-refractivity contribution is 7.89. The zero-order valence-corrected chi connectivity index (χ0v) is 15.7. The van der Waals surface area contributed by atoms with Gasteiger partial charge in [0.2, 0.25) is 16.0 Å². The molecule has 1 heterocycles. The normalized spacial score (nSPS) is 21.6. The number of sulfonamides is 1. The summed E-state index contributed by atoms with van der Waals surface area (Å²) in [5.41, 5.74) is 5.95. The minimum Gasteiger partial charge on any atom is -0.381 e. The van der Waals surface area contributed by atoms with E-state index in [1.165, 1.54) is 38.2 Å². The van der Waals surface area contributed by atoms with Crippen LogP contribution in [0.5, 0.6) is 0 Å². The molecule has 0 fully saturated rings. The average molecular weight is 394 g/mol. The van der Waals surface area contributed by atoms with Crippen molar-refractivity contribution in [1.29, 1.82) is 0 Å². The van der Waals surface area contributed by atoms with Crippen LogP contribution < -0.4 is 11.1 Å². The van der Waals surface area contributed by atoms with Gasteiger partial charge in [-0.25, -0.2) is 26.5 Å². The molecule has 27 heavy (non-hydrogen) atoms. The molecule has 0 bridgehead atoms. The summed E-state index contributed by atoms with van der Waals surface area (Å²) in [6.07, 6.45) is 0. The van der Waals surface area contributed by atoms with Crippen molar-refractivity contribution in [2.24, 2.45) is 10.7 Å². The highest BCUT2D eigenvalue weighted by Crippen LogP contribution is 2.34. The Kier molecular flexibility index (Phi) is 4.81. The van der Waals surface area contributed by atoms with E-state index in [0.717, 1.165) is 9.87 Å². The van der Waals surface area contributed by atoms with E-state index in [9.17, 15) is 17.2 Å². The average Bonchev–Trinajstić information content (AvgIpc) is 2.60. The molecule has 144 valence electrons. The third kappa shape index (κ3) is 3.87. The summed E-state index contributed by atoms with van der Waals surface area (Å²) in [4.78, 5) is 4.22.